The lowest BCUT2D eigenvalue weighted by molar-refractivity contribution is -0.385. The summed E-state index contributed by atoms with van der Waals surface area (Å²) in [5, 5.41) is 22.7. The third kappa shape index (κ3) is 2.41. The summed E-state index contributed by atoms with van der Waals surface area (Å²) in [6.07, 6.45) is 0. The van der Waals surface area contributed by atoms with Crippen LogP contribution in [0.25, 0.3) is 10.8 Å². The van der Waals surface area contributed by atoms with Crippen LogP contribution in [-0.4, -0.2) is 21.7 Å². The Morgan fingerprint density at radius 1 is 0.741 bits per heavy atom. The molecule has 0 aliphatic carbocycles. The lowest BCUT2D eigenvalue weighted by Gasteiger charge is -2.27. The maximum Gasteiger partial charge on any atom is 0.270 e. The number of nitro groups is 2. The van der Waals surface area contributed by atoms with E-state index in [-0.39, 0.29) is 39.0 Å². The Kier molecular flexibility index (Phi) is 3.45. The topological polar surface area (TPSA) is 124 Å². The standard InChI is InChI=1S/C18H9N3O6/c22-17-14-8-12(20(24)25)6-10-7-13(21(26)27)9-15(16(10)14)18(23)19(17)11-4-2-1-3-5-11/h1-9H. The Hall–Kier alpha value is -4.14. The van der Waals surface area contributed by atoms with E-state index in [1.54, 1.807) is 18.2 Å². The molecule has 0 radical (unpaired) electrons. The number of carbonyl (C=O) groups is 2. The fraction of sp³-hybridized carbons (Fsp3) is 0. The predicted octanol–water partition coefficient (Wildman–Crippen LogP) is 3.46. The summed E-state index contributed by atoms with van der Waals surface area (Å²) in [6.45, 7) is 0. The average molecular weight is 363 g/mol. The van der Waals surface area contributed by atoms with E-state index < -0.39 is 21.7 Å². The second-order valence-corrected chi connectivity index (χ2v) is 5.88. The molecule has 0 unspecified atom stereocenters. The maximum absolute atomic E-state index is 13.0. The van der Waals surface area contributed by atoms with Gasteiger partial charge < -0.3 is 0 Å². The van der Waals surface area contributed by atoms with Crippen LogP contribution >= 0.6 is 0 Å². The van der Waals surface area contributed by atoms with E-state index in [1.807, 2.05) is 0 Å². The Morgan fingerprint density at radius 3 is 1.67 bits per heavy atom. The number of rotatable bonds is 3. The van der Waals surface area contributed by atoms with E-state index >= 15 is 0 Å². The van der Waals surface area contributed by atoms with Crippen molar-refractivity contribution >= 4 is 39.6 Å². The molecule has 27 heavy (non-hydrogen) atoms. The molecule has 3 aromatic carbocycles. The molecule has 2 amide bonds. The Bertz CT molecular complexity index is 1100. The molecule has 3 aromatic rings. The van der Waals surface area contributed by atoms with Gasteiger partial charge in [0.25, 0.3) is 23.2 Å². The Labute approximate surface area is 150 Å². The molecule has 9 nitrogen and oxygen atoms in total. The molecule has 0 fully saturated rings. The molecule has 9 heteroatoms. The van der Waals surface area contributed by atoms with E-state index in [0.29, 0.717) is 0 Å². The molecule has 0 N–H and O–H groups in total. The quantitative estimate of drug-likeness (QED) is 0.399. The van der Waals surface area contributed by atoms with Gasteiger partial charge in [0.1, 0.15) is 0 Å². The van der Waals surface area contributed by atoms with Gasteiger partial charge in [-0.1, -0.05) is 18.2 Å². The van der Waals surface area contributed by atoms with Crippen molar-refractivity contribution < 1.29 is 19.4 Å². The van der Waals surface area contributed by atoms with Crippen LogP contribution in [0.15, 0.2) is 54.6 Å². The SMILES string of the molecule is O=C1c2cc([N+](=O)[O-])cc3cc([N+](=O)[O-])cc(c23)C(=O)N1c1ccccc1. The molecule has 1 heterocycles. The number of nitro benzene ring substituents is 2. The van der Waals surface area contributed by atoms with Gasteiger partial charge >= 0.3 is 0 Å². The lowest BCUT2D eigenvalue weighted by Crippen LogP contribution is -2.40. The number of benzene rings is 3. The summed E-state index contributed by atoms with van der Waals surface area (Å²) in [5.41, 5.74) is -0.608. The van der Waals surface area contributed by atoms with Gasteiger partial charge in [-0.05, 0) is 17.5 Å². The van der Waals surface area contributed by atoms with E-state index in [9.17, 15) is 29.8 Å². The molecule has 1 aliphatic rings. The van der Waals surface area contributed by atoms with E-state index in [0.717, 1.165) is 29.2 Å². The highest BCUT2D eigenvalue weighted by atomic mass is 16.6. The summed E-state index contributed by atoms with van der Waals surface area (Å²) < 4.78 is 0. The molecule has 0 bridgehead atoms. The van der Waals surface area contributed by atoms with Crippen molar-refractivity contribution in [3.8, 4) is 0 Å². The van der Waals surface area contributed by atoms with Gasteiger partial charge in [0, 0.05) is 29.7 Å². The fourth-order valence-corrected chi connectivity index (χ4v) is 3.18. The van der Waals surface area contributed by atoms with Crippen molar-refractivity contribution in [1.29, 1.82) is 0 Å². The van der Waals surface area contributed by atoms with Gasteiger partial charge in [-0.25, -0.2) is 4.90 Å². The number of hydrogen-bond acceptors (Lipinski definition) is 6. The number of para-hydroxylation sites is 1. The number of anilines is 1. The first-order valence-electron chi connectivity index (χ1n) is 7.73. The van der Waals surface area contributed by atoms with Gasteiger partial charge in [0.15, 0.2) is 0 Å². The zero-order valence-electron chi connectivity index (χ0n) is 13.5. The molecule has 1 aliphatic heterocycles. The molecule has 0 saturated heterocycles. The van der Waals surface area contributed by atoms with Crippen molar-refractivity contribution in [2.45, 2.75) is 0 Å². The lowest BCUT2D eigenvalue weighted by atomic mass is 9.92. The Morgan fingerprint density at radius 2 is 1.22 bits per heavy atom. The fourth-order valence-electron chi connectivity index (χ4n) is 3.18. The number of amides is 2. The van der Waals surface area contributed by atoms with E-state index in [4.69, 9.17) is 0 Å². The minimum atomic E-state index is -0.721. The van der Waals surface area contributed by atoms with Gasteiger partial charge in [0.05, 0.1) is 26.7 Å². The highest BCUT2D eigenvalue weighted by molar-refractivity contribution is 6.36. The van der Waals surface area contributed by atoms with E-state index in [1.165, 1.54) is 12.1 Å². The van der Waals surface area contributed by atoms with Gasteiger partial charge in [-0.2, -0.15) is 0 Å². The maximum atomic E-state index is 13.0. The third-order valence-corrected chi connectivity index (χ3v) is 4.32. The van der Waals surface area contributed by atoms with Gasteiger partial charge in [-0.15, -0.1) is 0 Å². The van der Waals surface area contributed by atoms with Crippen LogP contribution < -0.4 is 4.90 Å². The highest BCUT2D eigenvalue weighted by Crippen LogP contribution is 2.37. The molecule has 132 valence electrons. The molecular formula is C18H9N3O6. The van der Waals surface area contributed by atoms with Gasteiger partial charge in [0.2, 0.25) is 0 Å². The summed E-state index contributed by atoms with van der Waals surface area (Å²) in [7, 11) is 0. The van der Waals surface area contributed by atoms with Crippen LogP contribution in [0, 0.1) is 20.2 Å². The first-order valence-corrected chi connectivity index (χ1v) is 7.73. The van der Waals surface area contributed by atoms with Crippen molar-refractivity contribution in [2.75, 3.05) is 4.90 Å². The third-order valence-electron chi connectivity index (χ3n) is 4.32. The number of non-ortho nitro benzene ring substituents is 2. The second kappa shape index (κ2) is 5.70. The minimum absolute atomic E-state index is 0.0486. The number of hydrogen-bond donors (Lipinski definition) is 0. The monoisotopic (exact) mass is 363 g/mol. The molecule has 0 saturated carbocycles. The average Bonchev–Trinajstić information content (AvgIpc) is 2.66. The van der Waals surface area contributed by atoms with Crippen LogP contribution in [0.3, 0.4) is 0 Å². The molecule has 0 atom stereocenters. The van der Waals surface area contributed by atoms with Crippen LogP contribution in [0.1, 0.15) is 20.7 Å². The van der Waals surface area contributed by atoms with Crippen LogP contribution in [0.2, 0.25) is 0 Å². The summed E-state index contributed by atoms with van der Waals surface area (Å²) in [6, 6.07) is 12.4. The largest absolute Gasteiger partial charge is 0.270 e. The van der Waals surface area contributed by atoms with Crippen molar-refractivity contribution in [1.82, 2.24) is 0 Å². The second-order valence-electron chi connectivity index (χ2n) is 5.88. The molecule has 0 spiro atoms. The molecule has 0 aromatic heterocycles. The van der Waals surface area contributed by atoms with Crippen molar-refractivity contribution in [3.05, 3.63) is 86.0 Å². The summed E-state index contributed by atoms with van der Waals surface area (Å²) >= 11 is 0. The van der Waals surface area contributed by atoms with E-state index in [2.05, 4.69) is 0 Å². The van der Waals surface area contributed by atoms with Crippen molar-refractivity contribution in [3.63, 3.8) is 0 Å². The van der Waals surface area contributed by atoms with Crippen LogP contribution in [0.5, 0.6) is 0 Å². The number of carbonyl (C=O) groups excluding carboxylic acids is 2. The molecular weight excluding hydrogens is 354 g/mol. The highest BCUT2D eigenvalue weighted by Gasteiger charge is 2.36. The zero-order chi connectivity index (χ0) is 19.3. The first kappa shape index (κ1) is 16.3. The first-order chi connectivity index (χ1) is 12.9. The minimum Gasteiger partial charge on any atom is -0.268 e. The number of imide groups is 1. The van der Waals surface area contributed by atoms with Crippen LogP contribution in [0.4, 0.5) is 17.1 Å². The predicted molar refractivity (Wildman–Crippen MR) is 94.8 cm³/mol. The smallest absolute Gasteiger partial charge is 0.268 e. The zero-order valence-corrected chi connectivity index (χ0v) is 13.5. The summed E-state index contributed by atoms with van der Waals surface area (Å²) in [5.74, 6) is -1.44. The number of nitrogens with zero attached hydrogens (tertiary/aromatic N) is 3. The van der Waals surface area contributed by atoms with Crippen molar-refractivity contribution in [2.24, 2.45) is 0 Å². The summed E-state index contributed by atoms with van der Waals surface area (Å²) in [4.78, 5) is 47.9. The molecule has 4 rings (SSSR count). The normalized spacial score (nSPS) is 13.1. The Balaban J connectivity index is 2.08. The van der Waals surface area contributed by atoms with Crippen LogP contribution in [-0.2, 0) is 0 Å². The van der Waals surface area contributed by atoms with Gasteiger partial charge in [-0.3, -0.25) is 29.8 Å².